The van der Waals surface area contributed by atoms with E-state index in [-0.39, 0.29) is 47.3 Å². The Hall–Kier alpha value is -6.50. The first-order chi connectivity index (χ1) is 30.1. The van der Waals surface area contributed by atoms with Crippen molar-refractivity contribution in [1.82, 2.24) is 20.5 Å². The van der Waals surface area contributed by atoms with Gasteiger partial charge in [0.1, 0.15) is 47.8 Å². The molecule has 3 amide bonds. The van der Waals surface area contributed by atoms with Gasteiger partial charge in [-0.1, -0.05) is 108 Å². The summed E-state index contributed by atoms with van der Waals surface area (Å²) in [6.07, 6.45) is 0.395. The fourth-order valence-corrected chi connectivity index (χ4v) is 10.8. The van der Waals surface area contributed by atoms with Crippen molar-refractivity contribution in [3.63, 3.8) is 0 Å². The lowest BCUT2D eigenvalue weighted by Crippen LogP contribution is -2.71. The number of thioether (sulfide) groups is 1. The number of sulfone groups is 1. The minimum Gasteiger partial charge on any atom is -0.497 e. The van der Waals surface area contributed by atoms with Crippen LogP contribution in [0.5, 0.6) is 5.75 Å². The van der Waals surface area contributed by atoms with Gasteiger partial charge < -0.3 is 30.3 Å². The molecule has 0 saturated carbocycles. The molecule has 0 radical (unpaired) electrons. The molecule has 0 spiro atoms. The van der Waals surface area contributed by atoms with Crippen LogP contribution in [0.25, 0.3) is 0 Å². The zero-order valence-corrected chi connectivity index (χ0v) is 36.0. The van der Waals surface area contributed by atoms with Crippen molar-refractivity contribution in [2.24, 2.45) is 5.16 Å². The SMILES string of the molecule is CO/N=C(\C(=O)NC1C(=O)N2C(C(=O)OCc3ccc(OC)cc3)=C(CS(=O)(=O)CCNC=O)CS[C@H]12)c1csc(NC(c2ccccc2)(c2ccccc2)c2ccccc2)n1. The number of esters is 1. The highest BCUT2D eigenvalue weighted by Gasteiger charge is 2.55. The quantitative estimate of drug-likeness (QED) is 0.0201. The van der Waals surface area contributed by atoms with E-state index in [2.05, 4.69) is 21.1 Å². The van der Waals surface area contributed by atoms with E-state index >= 15 is 0 Å². The highest BCUT2D eigenvalue weighted by Crippen LogP contribution is 2.42. The van der Waals surface area contributed by atoms with Crippen LogP contribution in [0.3, 0.4) is 0 Å². The molecule has 7 rings (SSSR count). The monoisotopic (exact) mass is 894 g/mol. The van der Waals surface area contributed by atoms with Crippen LogP contribution < -0.4 is 20.7 Å². The van der Waals surface area contributed by atoms with E-state index in [9.17, 15) is 27.6 Å². The summed E-state index contributed by atoms with van der Waals surface area (Å²) in [7, 11) is -1.02. The summed E-state index contributed by atoms with van der Waals surface area (Å²) >= 11 is 2.45. The Morgan fingerprint density at radius 3 is 2.10 bits per heavy atom. The molecule has 0 bridgehead atoms. The van der Waals surface area contributed by atoms with Gasteiger partial charge >= 0.3 is 5.97 Å². The van der Waals surface area contributed by atoms with Crippen molar-refractivity contribution >= 4 is 68.0 Å². The predicted molar refractivity (Wildman–Crippen MR) is 236 cm³/mol. The second-order valence-electron chi connectivity index (χ2n) is 14.0. The number of benzene rings is 4. The summed E-state index contributed by atoms with van der Waals surface area (Å²) in [6, 6.07) is 35.5. The summed E-state index contributed by atoms with van der Waals surface area (Å²) in [5.74, 6) is -2.60. The molecular formula is C44H42N6O9S3. The van der Waals surface area contributed by atoms with Gasteiger partial charge in [0.2, 0.25) is 6.41 Å². The van der Waals surface area contributed by atoms with Crippen LogP contribution in [0.1, 0.15) is 27.9 Å². The average molecular weight is 895 g/mol. The predicted octanol–water partition coefficient (Wildman–Crippen LogP) is 4.46. The van der Waals surface area contributed by atoms with Gasteiger partial charge in [0, 0.05) is 17.7 Å². The highest BCUT2D eigenvalue weighted by molar-refractivity contribution is 8.00. The minimum atomic E-state index is -3.83. The Kier molecular flexibility index (Phi) is 13.7. The number of amides is 3. The molecule has 2 aliphatic rings. The van der Waals surface area contributed by atoms with Crippen LogP contribution in [0.4, 0.5) is 5.13 Å². The lowest BCUT2D eigenvalue weighted by Gasteiger charge is -2.49. The van der Waals surface area contributed by atoms with E-state index in [4.69, 9.17) is 19.3 Å². The Balaban J connectivity index is 1.13. The lowest BCUT2D eigenvalue weighted by atomic mass is 9.77. The molecule has 5 aromatic rings. The molecule has 62 heavy (non-hydrogen) atoms. The maximum Gasteiger partial charge on any atom is 0.355 e. The summed E-state index contributed by atoms with van der Waals surface area (Å²) in [5, 5.41) is 14.1. The zero-order valence-electron chi connectivity index (χ0n) is 33.6. The molecular weight excluding hydrogens is 853 g/mol. The van der Waals surface area contributed by atoms with Crippen molar-refractivity contribution in [3.05, 3.63) is 160 Å². The number of nitrogens with zero attached hydrogens (tertiary/aromatic N) is 3. The van der Waals surface area contributed by atoms with Crippen molar-refractivity contribution in [3.8, 4) is 5.75 Å². The van der Waals surface area contributed by atoms with E-state index in [1.807, 2.05) is 91.0 Å². The number of anilines is 1. The largest absolute Gasteiger partial charge is 0.497 e. The number of fused-ring (bicyclic) bond motifs is 1. The first-order valence-corrected chi connectivity index (χ1v) is 23.0. The van der Waals surface area contributed by atoms with E-state index in [1.165, 1.54) is 42.2 Å². The number of methoxy groups -OCH3 is 1. The fraction of sp³-hybridized carbons (Fsp3) is 0.227. The number of nitrogens with one attached hydrogen (secondary N) is 3. The summed E-state index contributed by atoms with van der Waals surface area (Å²) in [6.45, 7) is -0.293. The standard InChI is InChI=1S/C44H42N6O9S3/c1-57-34-20-18-29(19-21-34)24-59-42(54)38-30(27-62(55,56)23-22-45-28-51)25-60-41-37(40(53)50(38)41)47-39(52)36(49-58-2)35-26-61-43(46-35)48-44(31-12-6-3-7-13-31,32-14-8-4-9-15-32)33-16-10-5-11-17-33/h3-21,26,28,37,41H,22-25,27H2,1-2H3,(H,45,51)(H,46,48)(H,47,52)/b49-36-/t37?,41-/m1/s1. The third kappa shape index (κ3) is 9.36. The zero-order chi connectivity index (χ0) is 43.7. The highest BCUT2D eigenvalue weighted by atomic mass is 32.2. The second-order valence-corrected chi connectivity index (χ2v) is 18.2. The van der Waals surface area contributed by atoms with Crippen molar-refractivity contribution in [2.45, 2.75) is 23.6 Å². The number of oxime groups is 1. The fourth-order valence-electron chi connectivity index (χ4n) is 7.22. The number of β-lactam (4-membered cyclic amide) rings is 1. The van der Waals surface area contributed by atoms with Crippen LogP contribution >= 0.6 is 23.1 Å². The van der Waals surface area contributed by atoms with Gasteiger partial charge in [-0.3, -0.25) is 19.3 Å². The summed E-state index contributed by atoms with van der Waals surface area (Å²) in [4.78, 5) is 63.6. The van der Waals surface area contributed by atoms with Crippen LogP contribution in [-0.4, -0.2) is 97.6 Å². The molecule has 1 aromatic heterocycles. The molecule has 320 valence electrons. The van der Waals surface area contributed by atoms with Crippen molar-refractivity contribution in [1.29, 1.82) is 0 Å². The van der Waals surface area contributed by atoms with Gasteiger partial charge in [0.05, 0.1) is 18.6 Å². The number of hydrogen-bond donors (Lipinski definition) is 3. The topological polar surface area (TPSA) is 195 Å². The maximum atomic E-state index is 14.0. The Bertz CT molecular complexity index is 2480. The number of rotatable bonds is 19. The molecule has 2 aliphatic heterocycles. The lowest BCUT2D eigenvalue weighted by molar-refractivity contribution is -0.153. The van der Waals surface area contributed by atoms with Crippen LogP contribution in [0, 0.1) is 0 Å². The van der Waals surface area contributed by atoms with Crippen LogP contribution in [0.2, 0.25) is 0 Å². The van der Waals surface area contributed by atoms with E-state index < -0.39 is 50.3 Å². The van der Waals surface area contributed by atoms with Crippen LogP contribution in [-0.2, 0) is 50.7 Å². The van der Waals surface area contributed by atoms with E-state index in [1.54, 1.807) is 29.6 Å². The number of carbonyl (C=O) groups is 4. The summed E-state index contributed by atoms with van der Waals surface area (Å²) < 4.78 is 37.0. The van der Waals surface area contributed by atoms with Gasteiger partial charge in [0.25, 0.3) is 11.8 Å². The Morgan fingerprint density at radius 1 is 0.919 bits per heavy atom. The van der Waals surface area contributed by atoms with Crippen molar-refractivity contribution < 1.29 is 41.9 Å². The Labute approximate surface area is 366 Å². The third-order valence-electron chi connectivity index (χ3n) is 10.2. The Morgan fingerprint density at radius 2 is 1.53 bits per heavy atom. The average Bonchev–Trinajstić information content (AvgIpc) is 3.77. The molecule has 15 nitrogen and oxygen atoms in total. The number of aromatic nitrogens is 1. The molecule has 18 heteroatoms. The van der Waals surface area contributed by atoms with Gasteiger partial charge in [-0.15, -0.1) is 23.1 Å². The molecule has 2 atom stereocenters. The van der Waals surface area contributed by atoms with E-state index in [0.29, 0.717) is 22.9 Å². The molecule has 1 saturated heterocycles. The van der Waals surface area contributed by atoms with Gasteiger partial charge in [-0.25, -0.2) is 18.2 Å². The minimum absolute atomic E-state index is 0.0419. The first kappa shape index (κ1) is 43.6. The van der Waals surface area contributed by atoms with Crippen LogP contribution in [0.15, 0.2) is 137 Å². The normalized spacial score (nSPS) is 16.4. The van der Waals surface area contributed by atoms with Gasteiger partial charge in [-0.2, -0.15) is 0 Å². The third-order valence-corrected chi connectivity index (χ3v) is 13.9. The van der Waals surface area contributed by atoms with Gasteiger partial charge in [0.15, 0.2) is 20.7 Å². The van der Waals surface area contributed by atoms with Gasteiger partial charge in [-0.05, 0) is 40.0 Å². The number of carbonyl (C=O) groups excluding carboxylic acids is 4. The molecule has 4 aromatic carbocycles. The smallest absolute Gasteiger partial charge is 0.355 e. The summed E-state index contributed by atoms with van der Waals surface area (Å²) in [5.41, 5.74) is 2.52. The molecule has 0 aliphatic carbocycles. The first-order valence-electron chi connectivity index (χ1n) is 19.3. The maximum absolute atomic E-state index is 14.0. The molecule has 1 unspecified atom stereocenters. The molecule has 3 heterocycles. The number of thiazole rings is 1. The molecule has 3 N–H and O–H groups in total. The van der Waals surface area contributed by atoms with Crippen molar-refractivity contribution in [2.75, 3.05) is 43.3 Å². The number of ether oxygens (including phenoxy) is 2. The number of hydrogen-bond acceptors (Lipinski definition) is 14. The molecule has 1 fully saturated rings. The second kappa shape index (κ2) is 19.5. The van der Waals surface area contributed by atoms with E-state index in [0.717, 1.165) is 16.7 Å².